The summed E-state index contributed by atoms with van der Waals surface area (Å²) in [5.41, 5.74) is 1.82. The van der Waals surface area contributed by atoms with Gasteiger partial charge in [-0.25, -0.2) is 4.98 Å². The van der Waals surface area contributed by atoms with Gasteiger partial charge < -0.3 is 0 Å². The summed E-state index contributed by atoms with van der Waals surface area (Å²) >= 11 is 1.40. The van der Waals surface area contributed by atoms with Crippen LogP contribution in [0.5, 0.6) is 0 Å². The van der Waals surface area contributed by atoms with E-state index in [1.54, 1.807) is 24.5 Å². The van der Waals surface area contributed by atoms with E-state index in [0.717, 1.165) is 11.3 Å². The molecule has 0 spiro atoms. The molecule has 0 saturated heterocycles. The average Bonchev–Trinajstić information content (AvgIpc) is 2.88. The maximum Gasteiger partial charge on any atom is 0.250 e. The van der Waals surface area contributed by atoms with Crippen LogP contribution in [0.3, 0.4) is 0 Å². The van der Waals surface area contributed by atoms with Crippen molar-refractivity contribution in [1.29, 1.82) is 0 Å². The predicted octanol–water partition coefficient (Wildman–Crippen LogP) is 3.28. The standard InChI is InChI=1S/C14H13N3OS/c1-2-3-4-5-13(18)17-14-16-12(10-19-14)11-6-8-15-9-7-11/h2-10H,1H3,(H,16,17,18)/b3-2+,5-4+. The number of hydrogen-bond donors (Lipinski definition) is 1. The van der Waals surface area contributed by atoms with Gasteiger partial charge in [0.25, 0.3) is 0 Å². The number of aromatic nitrogens is 2. The van der Waals surface area contributed by atoms with E-state index >= 15 is 0 Å². The van der Waals surface area contributed by atoms with Crippen LogP contribution in [0.1, 0.15) is 6.92 Å². The van der Waals surface area contributed by atoms with Crippen LogP contribution < -0.4 is 5.32 Å². The Morgan fingerprint density at radius 3 is 2.84 bits per heavy atom. The van der Waals surface area contributed by atoms with Gasteiger partial charge in [-0.2, -0.15) is 0 Å². The molecule has 1 amide bonds. The summed E-state index contributed by atoms with van der Waals surface area (Å²) in [5.74, 6) is -0.186. The molecule has 0 aliphatic carbocycles. The summed E-state index contributed by atoms with van der Waals surface area (Å²) in [5, 5.41) is 5.21. The second-order valence-electron chi connectivity index (χ2n) is 3.65. The number of nitrogens with zero attached hydrogens (tertiary/aromatic N) is 2. The maximum absolute atomic E-state index is 11.6. The minimum absolute atomic E-state index is 0.186. The second-order valence-corrected chi connectivity index (χ2v) is 4.51. The molecule has 2 aromatic rings. The molecular formula is C14H13N3OS. The van der Waals surface area contributed by atoms with Gasteiger partial charge in [-0.1, -0.05) is 18.2 Å². The van der Waals surface area contributed by atoms with E-state index in [0.29, 0.717) is 5.13 Å². The fourth-order valence-corrected chi connectivity index (χ4v) is 2.11. The van der Waals surface area contributed by atoms with Gasteiger partial charge in [0.2, 0.25) is 5.91 Å². The Kier molecular flexibility index (Phi) is 4.58. The first kappa shape index (κ1) is 13.2. The van der Waals surface area contributed by atoms with Crippen LogP contribution in [0.15, 0.2) is 54.2 Å². The molecule has 0 aliphatic heterocycles. The highest BCUT2D eigenvalue weighted by Gasteiger charge is 2.05. The van der Waals surface area contributed by atoms with E-state index in [1.807, 2.05) is 30.5 Å². The van der Waals surface area contributed by atoms with E-state index in [1.165, 1.54) is 17.4 Å². The lowest BCUT2D eigenvalue weighted by Gasteiger charge is -1.96. The van der Waals surface area contributed by atoms with Gasteiger partial charge in [0.1, 0.15) is 0 Å². The predicted molar refractivity (Wildman–Crippen MR) is 77.9 cm³/mol. The lowest BCUT2D eigenvalue weighted by Crippen LogP contribution is -2.07. The number of carbonyl (C=O) groups excluding carboxylic acids is 1. The molecule has 96 valence electrons. The highest BCUT2D eigenvalue weighted by atomic mass is 32.1. The molecular weight excluding hydrogens is 258 g/mol. The maximum atomic E-state index is 11.6. The Bertz CT molecular complexity index is 602. The molecule has 2 rings (SSSR count). The molecule has 0 bridgehead atoms. The lowest BCUT2D eigenvalue weighted by atomic mass is 10.2. The van der Waals surface area contributed by atoms with Crippen LogP contribution in [0.25, 0.3) is 11.3 Å². The minimum Gasteiger partial charge on any atom is -0.298 e. The third kappa shape index (κ3) is 3.86. The molecule has 0 radical (unpaired) electrons. The molecule has 0 unspecified atom stereocenters. The Morgan fingerprint density at radius 1 is 1.32 bits per heavy atom. The molecule has 0 saturated carbocycles. The SMILES string of the molecule is C/C=C/C=C/C(=O)Nc1nc(-c2ccncc2)cs1. The summed E-state index contributed by atoms with van der Waals surface area (Å²) < 4.78 is 0. The Morgan fingerprint density at radius 2 is 2.11 bits per heavy atom. The average molecular weight is 271 g/mol. The summed E-state index contributed by atoms with van der Waals surface area (Å²) in [4.78, 5) is 19.9. The van der Waals surface area contributed by atoms with Crippen LogP contribution in [0, 0.1) is 0 Å². The van der Waals surface area contributed by atoms with Crippen molar-refractivity contribution in [3.05, 3.63) is 54.2 Å². The Hall–Kier alpha value is -2.27. The molecule has 19 heavy (non-hydrogen) atoms. The number of nitrogens with one attached hydrogen (secondary N) is 1. The largest absolute Gasteiger partial charge is 0.298 e. The summed E-state index contributed by atoms with van der Waals surface area (Å²) in [6.45, 7) is 1.89. The molecule has 0 aromatic carbocycles. The van der Waals surface area contributed by atoms with Crippen molar-refractivity contribution in [2.75, 3.05) is 5.32 Å². The smallest absolute Gasteiger partial charge is 0.250 e. The number of pyridine rings is 1. The van der Waals surface area contributed by atoms with Crippen LogP contribution in [-0.4, -0.2) is 15.9 Å². The quantitative estimate of drug-likeness (QED) is 0.686. The van der Waals surface area contributed by atoms with Crippen molar-refractivity contribution >= 4 is 22.4 Å². The first-order valence-electron chi connectivity index (χ1n) is 5.76. The molecule has 5 heteroatoms. The van der Waals surface area contributed by atoms with E-state index in [4.69, 9.17) is 0 Å². The second kappa shape index (κ2) is 6.61. The van der Waals surface area contributed by atoms with Gasteiger partial charge >= 0.3 is 0 Å². The third-order valence-corrected chi connectivity index (χ3v) is 3.02. The summed E-state index contributed by atoms with van der Waals surface area (Å²) in [6.07, 6.45) is 10.2. The van der Waals surface area contributed by atoms with Crippen molar-refractivity contribution < 1.29 is 4.79 Å². The van der Waals surface area contributed by atoms with Crippen LogP contribution in [0.4, 0.5) is 5.13 Å². The zero-order chi connectivity index (χ0) is 13.5. The minimum atomic E-state index is -0.186. The van der Waals surface area contributed by atoms with E-state index in [2.05, 4.69) is 15.3 Å². The fraction of sp³-hybridized carbons (Fsp3) is 0.0714. The number of hydrogen-bond acceptors (Lipinski definition) is 4. The van der Waals surface area contributed by atoms with Crippen molar-refractivity contribution in [3.8, 4) is 11.3 Å². The van der Waals surface area contributed by atoms with Crippen molar-refractivity contribution in [3.63, 3.8) is 0 Å². The van der Waals surface area contributed by atoms with Crippen LogP contribution in [0.2, 0.25) is 0 Å². The molecule has 2 aromatic heterocycles. The van der Waals surface area contributed by atoms with Crippen molar-refractivity contribution in [2.24, 2.45) is 0 Å². The lowest BCUT2D eigenvalue weighted by molar-refractivity contribution is -0.111. The monoisotopic (exact) mass is 271 g/mol. The molecule has 2 heterocycles. The van der Waals surface area contributed by atoms with Gasteiger partial charge in [0.05, 0.1) is 5.69 Å². The van der Waals surface area contributed by atoms with Crippen molar-refractivity contribution in [2.45, 2.75) is 6.92 Å². The molecule has 0 atom stereocenters. The van der Waals surface area contributed by atoms with Gasteiger partial charge in [0, 0.05) is 29.4 Å². The Labute approximate surface area is 115 Å². The Balaban J connectivity index is 2.04. The molecule has 0 fully saturated rings. The highest BCUT2D eigenvalue weighted by Crippen LogP contribution is 2.24. The zero-order valence-corrected chi connectivity index (χ0v) is 11.2. The van der Waals surface area contributed by atoms with Crippen molar-refractivity contribution in [1.82, 2.24) is 9.97 Å². The van der Waals surface area contributed by atoms with Gasteiger partial charge in [0.15, 0.2) is 5.13 Å². The molecule has 4 nitrogen and oxygen atoms in total. The number of amides is 1. The first-order valence-corrected chi connectivity index (χ1v) is 6.64. The number of anilines is 1. The normalized spacial score (nSPS) is 11.2. The van der Waals surface area contributed by atoms with E-state index in [9.17, 15) is 4.79 Å². The number of thiazole rings is 1. The van der Waals surface area contributed by atoms with Crippen LogP contribution in [-0.2, 0) is 4.79 Å². The fourth-order valence-electron chi connectivity index (χ4n) is 1.39. The summed E-state index contributed by atoms with van der Waals surface area (Å²) in [6, 6.07) is 3.76. The molecule has 0 aliphatic rings. The van der Waals surface area contributed by atoms with E-state index in [-0.39, 0.29) is 5.91 Å². The highest BCUT2D eigenvalue weighted by molar-refractivity contribution is 7.14. The first-order chi connectivity index (χ1) is 9.29. The zero-order valence-electron chi connectivity index (χ0n) is 10.4. The summed E-state index contributed by atoms with van der Waals surface area (Å²) in [7, 11) is 0. The van der Waals surface area contributed by atoms with Crippen LogP contribution >= 0.6 is 11.3 Å². The molecule has 1 N–H and O–H groups in total. The number of allylic oxidation sites excluding steroid dienone is 3. The van der Waals surface area contributed by atoms with Gasteiger partial charge in [-0.15, -0.1) is 11.3 Å². The number of rotatable bonds is 4. The van der Waals surface area contributed by atoms with Gasteiger partial charge in [-0.3, -0.25) is 15.1 Å². The third-order valence-electron chi connectivity index (χ3n) is 2.26. The van der Waals surface area contributed by atoms with E-state index < -0.39 is 0 Å². The topological polar surface area (TPSA) is 54.9 Å². The number of carbonyl (C=O) groups is 1. The van der Waals surface area contributed by atoms with Gasteiger partial charge in [-0.05, 0) is 19.1 Å².